The van der Waals surface area contributed by atoms with E-state index < -0.39 is 15.9 Å². The van der Waals surface area contributed by atoms with Crippen LogP contribution in [0.2, 0.25) is 0 Å². The molecule has 1 aromatic heterocycles. The molecule has 0 bridgehead atoms. The van der Waals surface area contributed by atoms with Gasteiger partial charge >= 0.3 is 0 Å². The van der Waals surface area contributed by atoms with Crippen molar-refractivity contribution in [3.05, 3.63) is 15.9 Å². The van der Waals surface area contributed by atoms with Crippen molar-refractivity contribution >= 4 is 25.8 Å². The Hall–Kier alpha value is -0.400. The summed E-state index contributed by atoms with van der Waals surface area (Å²) >= 11 is 3.53. The monoisotopic (exact) mass is 364 g/mol. The number of hydrogen-bond donors (Lipinski definition) is 1. The van der Waals surface area contributed by atoms with Crippen molar-refractivity contribution in [3.63, 3.8) is 0 Å². The molecule has 1 N–H and O–H groups in total. The van der Waals surface area contributed by atoms with Crippen LogP contribution >= 0.6 is 15.9 Å². The molecule has 0 aromatic carbocycles. The maximum Gasteiger partial charge on any atom is 0.150 e. The Morgan fingerprint density at radius 2 is 2.25 bits per heavy atom. The van der Waals surface area contributed by atoms with E-state index in [-0.39, 0.29) is 17.4 Å². The Labute approximate surface area is 128 Å². The van der Waals surface area contributed by atoms with E-state index in [1.807, 2.05) is 14.0 Å². The van der Waals surface area contributed by atoms with Gasteiger partial charge in [0.2, 0.25) is 0 Å². The first-order valence-corrected chi connectivity index (χ1v) is 9.52. The third-order valence-electron chi connectivity index (χ3n) is 3.86. The van der Waals surface area contributed by atoms with E-state index in [1.165, 1.54) is 0 Å². The Kier molecular flexibility index (Phi) is 4.92. The number of aromatic nitrogens is 2. The molecular formula is C13H21BrN2O3S. The van der Waals surface area contributed by atoms with Crippen LogP contribution < -0.4 is 0 Å². The fraction of sp³-hybridized carbons (Fsp3) is 0.769. The molecule has 0 saturated carbocycles. The molecule has 2 heterocycles. The van der Waals surface area contributed by atoms with Crippen LogP contribution in [0, 0.1) is 5.92 Å². The van der Waals surface area contributed by atoms with Crippen molar-refractivity contribution in [1.29, 1.82) is 0 Å². The van der Waals surface area contributed by atoms with Gasteiger partial charge in [-0.25, -0.2) is 8.42 Å². The molecule has 0 aliphatic carbocycles. The molecular weight excluding hydrogens is 344 g/mol. The number of rotatable bonds is 5. The Balaban J connectivity index is 1.98. The summed E-state index contributed by atoms with van der Waals surface area (Å²) < 4.78 is 25.6. The second-order valence-corrected chi connectivity index (χ2v) is 8.57. The Morgan fingerprint density at radius 3 is 2.75 bits per heavy atom. The molecule has 1 aliphatic heterocycles. The number of hydrogen-bond acceptors (Lipinski definition) is 4. The standard InChI is InChI=1S/C13H21BrN2O3S/c1-3-11-13(14)12(16(2)15-11)7-10(17)6-9-4-5-20(18,19)8-9/h9-10,17H,3-8H2,1-2H3. The van der Waals surface area contributed by atoms with Crippen LogP contribution in [-0.4, -0.2) is 40.9 Å². The second-order valence-electron chi connectivity index (χ2n) is 5.55. The van der Waals surface area contributed by atoms with Gasteiger partial charge in [0.05, 0.1) is 33.5 Å². The zero-order valence-electron chi connectivity index (χ0n) is 11.8. The van der Waals surface area contributed by atoms with Crippen LogP contribution in [-0.2, 0) is 29.7 Å². The van der Waals surface area contributed by atoms with E-state index in [4.69, 9.17) is 0 Å². The molecule has 1 aromatic rings. The number of nitrogens with zero attached hydrogens (tertiary/aromatic N) is 2. The van der Waals surface area contributed by atoms with E-state index in [9.17, 15) is 13.5 Å². The highest BCUT2D eigenvalue weighted by atomic mass is 79.9. The first-order valence-electron chi connectivity index (χ1n) is 6.91. The maximum atomic E-state index is 11.4. The Bertz CT molecular complexity index is 583. The van der Waals surface area contributed by atoms with Gasteiger partial charge < -0.3 is 5.11 Å². The number of aliphatic hydroxyl groups excluding tert-OH is 1. The highest BCUT2D eigenvalue weighted by molar-refractivity contribution is 9.10. The lowest BCUT2D eigenvalue weighted by Gasteiger charge is -2.15. The predicted molar refractivity (Wildman–Crippen MR) is 81.4 cm³/mol. The molecule has 1 fully saturated rings. The third-order valence-corrected chi connectivity index (χ3v) is 6.62. The zero-order valence-corrected chi connectivity index (χ0v) is 14.2. The van der Waals surface area contributed by atoms with Crippen LogP contribution in [0.15, 0.2) is 4.47 Å². The quantitative estimate of drug-likeness (QED) is 0.858. The molecule has 1 saturated heterocycles. The summed E-state index contributed by atoms with van der Waals surface area (Å²) in [7, 11) is -1.00. The van der Waals surface area contributed by atoms with E-state index in [0.29, 0.717) is 19.3 Å². The van der Waals surface area contributed by atoms with Gasteiger partial charge in [-0.15, -0.1) is 0 Å². The van der Waals surface area contributed by atoms with Gasteiger partial charge in [0.25, 0.3) is 0 Å². The van der Waals surface area contributed by atoms with Gasteiger partial charge in [0.1, 0.15) is 0 Å². The summed E-state index contributed by atoms with van der Waals surface area (Å²) in [5.41, 5.74) is 1.95. The molecule has 2 rings (SSSR count). The molecule has 0 radical (unpaired) electrons. The average Bonchev–Trinajstić information content (AvgIpc) is 2.82. The number of aliphatic hydroxyl groups is 1. The van der Waals surface area contributed by atoms with Crippen LogP contribution in [0.3, 0.4) is 0 Å². The van der Waals surface area contributed by atoms with Crippen molar-refractivity contribution in [2.75, 3.05) is 11.5 Å². The van der Waals surface area contributed by atoms with Gasteiger partial charge in [-0.2, -0.15) is 5.10 Å². The average molecular weight is 365 g/mol. The molecule has 114 valence electrons. The van der Waals surface area contributed by atoms with E-state index >= 15 is 0 Å². The highest BCUT2D eigenvalue weighted by Gasteiger charge is 2.29. The smallest absolute Gasteiger partial charge is 0.150 e. The molecule has 0 amide bonds. The lowest BCUT2D eigenvalue weighted by atomic mass is 9.98. The van der Waals surface area contributed by atoms with Crippen LogP contribution in [0.5, 0.6) is 0 Å². The van der Waals surface area contributed by atoms with Gasteiger partial charge in [0, 0.05) is 13.5 Å². The normalized spacial score (nSPS) is 23.1. The largest absolute Gasteiger partial charge is 0.393 e. The summed E-state index contributed by atoms with van der Waals surface area (Å²) in [6, 6.07) is 0. The first kappa shape index (κ1) is 16.0. The summed E-state index contributed by atoms with van der Waals surface area (Å²) in [6.07, 6.45) is 2.03. The molecule has 5 nitrogen and oxygen atoms in total. The summed E-state index contributed by atoms with van der Waals surface area (Å²) in [6.45, 7) is 2.04. The van der Waals surface area contributed by atoms with Gasteiger partial charge in [-0.3, -0.25) is 4.68 Å². The molecule has 0 spiro atoms. The van der Waals surface area contributed by atoms with Crippen molar-refractivity contribution in [2.24, 2.45) is 13.0 Å². The number of halogens is 1. The third kappa shape index (κ3) is 3.62. The van der Waals surface area contributed by atoms with Crippen LogP contribution in [0.1, 0.15) is 31.2 Å². The van der Waals surface area contributed by atoms with E-state index in [0.717, 1.165) is 22.3 Å². The highest BCUT2D eigenvalue weighted by Crippen LogP contribution is 2.27. The number of aryl methyl sites for hydroxylation is 2. The molecule has 1 aliphatic rings. The summed E-state index contributed by atoms with van der Waals surface area (Å²) in [5.74, 6) is 0.573. The van der Waals surface area contributed by atoms with E-state index in [2.05, 4.69) is 21.0 Å². The SMILES string of the molecule is CCc1nn(C)c(CC(O)CC2CCS(=O)(=O)C2)c1Br. The number of sulfone groups is 1. The zero-order chi connectivity index (χ0) is 14.9. The lowest BCUT2D eigenvalue weighted by molar-refractivity contribution is 0.144. The van der Waals surface area contributed by atoms with Crippen LogP contribution in [0.25, 0.3) is 0 Å². The maximum absolute atomic E-state index is 11.4. The molecule has 2 atom stereocenters. The fourth-order valence-electron chi connectivity index (χ4n) is 2.79. The fourth-order valence-corrected chi connectivity index (χ4v) is 5.45. The second kappa shape index (κ2) is 6.15. The Morgan fingerprint density at radius 1 is 1.55 bits per heavy atom. The van der Waals surface area contributed by atoms with Crippen molar-refractivity contribution < 1.29 is 13.5 Å². The minimum absolute atomic E-state index is 0.0904. The van der Waals surface area contributed by atoms with Gasteiger partial charge in [0.15, 0.2) is 9.84 Å². The van der Waals surface area contributed by atoms with Gasteiger partial charge in [-0.1, -0.05) is 6.92 Å². The predicted octanol–water partition coefficient (Wildman–Crippen LogP) is 1.47. The topological polar surface area (TPSA) is 72.2 Å². The van der Waals surface area contributed by atoms with Gasteiger partial charge in [-0.05, 0) is 41.1 Å². The van der Waals surface area contributed by atoms with Crippen LogP contribution in [0.4, 0.5) is 0 Å². The molecule has 20 heavy (non-hydrogen) atoms. The minimum Gasteiger partial charge on any atom is -0.393 e. The molecule has 2 unspecified atom stereocenters. The van der Waals surface area contributed by atoms with Crippen molar-refractivity contribution in [1.82, 2.24) is 9.78 Å². The van der Waals surface area contributed by atoms with E-state index in [1.54, 1.807) is 4.68 Å². The summed E-state index contributed by atoms with van der Waals surface area (Å²) in [5, 5.41) is 14.6. The lowest BCUT2D eigenvalue weighted by Crippen LogP contribution is -2.19. The summed E-state index contributed by atoms with van der Waals surface area (Å²) in [4.78, 5) is 0. The molecule has 7 heteroatoms. The first-order chi connectivity index (χ1) is 9.32. The van der Waals surface area contributed by atoms with Crippen molar-refractivity contribution in [2.45, 2.75) is 38.7 Å². The van der Waals surface area contributed by atoms with Crippen molar-refractivity contribution in [3.8, 4) is 0 Å². The minimum atomic E-state index is -2.87.